The zero-order valence-corrected chi connectivity index (χ0v) is 28.7. The van der Waals surface area contributed by atoms with Gasteiger partial charge in [0.25, 0.3) is 0 Å². The topological polar surface area (TPSA) is 43.6 Å². The zero-order chi connectivity index (χ0) is 50.5. The molecule has 0 spiro atoms. The molecule has 0 bridgehead atoms. The maximum Gasteiger partial charge on any atom is 0.164 e. The fraction of sp³-hybridized carbons (Fsp3) is 0. The Labute approximate surface area is 342 Å². The Morgan fingerprint density at radius 1 is 0.364 bits per heavy atom. The summed E-state index contributed by atoms with van der Waals surface area (Å²) in [4.78, 5) is 14.5. The molecule has 0 saturated heterocycles. The molecule has 0 amide bonds. The summed E-state index contributed by atoms with van der Waals surface area (Å²) in [5, 5.41) is -0.820. The Morgan fingerprint density at radius 2 is 0.945 bits per heavy atom. The minimum atomic E-state index is -0.829. The van der Waals surface area contributed by atoms with Gasteiger partial charge in [-0.3, -0.25) is 0 Å². The molecule has 0 aliphatic rings. The molecule has 10 rings (SSSR count). The van der Waals surface area contributed by atoms with Crippen molar-refractivity contribution in [2.24, 2.45) is 0 Å². The van der Waals surface area contributed by atoms with Crippen molar-refractivity contribution < 1.29 is 21.9 Å². The molecule has 10 aromatic rings. The molecule has 258 valence electrons. The standard InChI is InChI=1S/C51H34N4/c1-5-15-35(16-6-1)40-27-31-44(45(33-40)37-19-9-3-10-20-37)51-53-49(38-21-11-4-12-22-38)52-50(54-51)39-25-29-42(30-26-39)55-47-24-14-13-23-43(47)46-34-41(28-32-48(46)55)36-17-7-2-8-18-36/h1-34H/i2D,7D,8D,13D,14D,17D,18D,23D,24D,25D,26D,28D,29D,30D,32D,34D. The van der Waals surface area contributed by atoms with Gasteiger partial charge in [-0.1, -0.05) is 151 Å². The average molecular weight is 719 g/mol. The van der Waals surface area contributed by atoms with Gasteiger partial charge in [0, 0.05) is 33.2 Å². The van der Waals surface area contributed by atoms with Crippen molar-refractivity contribution in [1.82, 2.24) is 19.5 Å². The lowest BCUT2D eigenvalue weighted by atomic mass is 9.94. The van der Waals surface area contributed by atoms with Crippen molar-refractivity contribution in [2.45, 2.75) is 0 Å². The number of rotatable bonds is 7. The molecule has 0 N–H and O–H groups in total. The third kappa shape index (κ3) is 6.06. The second-order valence-corrected chi connectivity index (χ2v) is 12.4. The molecule has 0 radical (unpaired) electrons. The molecular formula is C51H34N4. The van der Waals surface area contributed by atoms with Crippen LogP contribution in [0.3, 0.4) is 0 Å². The van der Waals surface area contributed by atoms with Crippen LogP contribution in [-0.4, -0.2) is 19.5 Å². The van der Waals surface area contributed by atoms with Crippen molar-refractivity contribution in [2.75, 3.05) is 0 Å². The number of nitrogens with zero attached hydrogens (tertiary/aromatic N) is 4. The summed E-state index contributed by atoms with van der Waals surface area (Å²) in [6, 6.07) is 21.9. The summed E-state index contributed by atoms with van der Waals surface area (Å²) in [6.07, 6.45) is 0. The number of fused-ring (bicyclic) bond motifs is 3. The number of hydrogen-bond donors (Lipinski definition) is 0. The molecule has 2 heterocycles. The normalized spacial score (nSPS) is 15.3. The summed E-state index contributed by atoms with van der Waals surface area (Å²) in [7, 11) is 0. The number of benzene rings is 8. The van der Waals surface area contributed by atoms with E-state index in [0.717, 1.165) is 26.8 Å². The second-order valence-electron chi connectivity index (χ2n) is 12.4. The molecule has 0 unspecified atom stereocenters. The highest BCUT2D eigenvalue weighted by Crippen LogP contribution is 2.38. The van der Waals surface area contributed by atoms with Gasteiger partial charge in [0.2, 0.25) is 0 Å². The molecule has 55 heavy (non-hydrogen) atoms. The summed E-state index contributed by atoms with van der Waals surface area (Å²) < 4.78 is 145. The van der Waals surface area contributed by atoms with Crippen molar-refractivity contribution in [3.8, 4) is 73.2 Å². The highest BCUT2D eigenvalue weighted by molar-refractivity contribution is 6.10. The Hall–Kier alpha value is -7.43. The van der Waals surface area contributed by atoms with Gasteiger partial charge in [0.1, 0.15) is 0 Å². The predicted molar refractivity (Wildman–Crippen MR) is 227 cm³/mol. The Balaban J connectivity index is 1.27. The van der Waals surface area contributed by atoms with E-state index in [2.05, 4.69) is 0 Å². The van der Waals surface area contributed by atoms with Crippen LogP contribution in [0.5, 0.6) is 0 Å². The Bertz CT molecular complexity index is 3830. The quantitative estimate of drug-likeness (QED) is 0.165. The maximum atomic E-state index is 9.60. The molecule has 2 aromatic heterocycles. The van der Waals surface area contributed by atoms with Crippen molar-refractivity contribution >= 4 is 21.8 Å². The van der Waals surface area contributed by atoms with Gasteiger partial charge in [-0.2, -0.15) is 0 Å². The minimum absolute atomic E-state index is 0.145. The fourth-order valence-electron chi connectivity index (χ4n) is 6.50. The third-order valence-electron chi connectivity index (χ3n) is 9.09. The Morgan fingerprint density at radius 3 is 1.67 bits per heavy atom. The number of aromatic nitrogens is 4. The molecule has 0 aliphatic heterocycles. The summed E-state index contributed by atoms with van der Waals surface area (Å²) >= 11 is 0. The molecule has 0 atom stereocenters. The van der Waals surface area contributed by atoms with Crippen LogP contribution in [0.1, 0.15) is 21.9 Å². The van der Waals surface area contributed by atoms with Crippen molar-refractivity contribution in [1.29, 1.82) is 0 Å². The van der Waals surface area contributed by atoms with E-state index in [0.29, 0.717) is 11.1 Å². The zero-order valence-electron chi connectivity index (χ0n) is 44.7. The molecule has 0 aliphatic carbocycles. The van der Waals surface area contributed by atoms with E-state index in [1.165, 1.54) is 0 Å². The largest absolute Gasteiger partial charge is 0.309 e. The summed E-state index contributed by atoms with van der Waals surface area (Å²) in [5.41, 5.74) is 1.49. The van der Waals surface area contributed by atoms with Gasteiger partial charge in [-0.05, 0) is 87.8 Å². The predicted octanol–water partition coefficient (Wildman–Crippen LogP) is 13.0. The van der Waals surface area contributed by atoms with E-state index in [1.54, 1.807) is 24.3 Å². The lowest BCUT2D eigenvalue weighted by molar-refractivity contribution is 1.07. The van der Waals surface area contributed by atoms with Gasteiger partial charge >= 0.3 is 0 Å². The molecule has 0 fully saturated rings. The minimum Gasteiger partial charge on any atom is -0.309 e. The van der Waals surface area contributed by atoms with E-state index >= 15 is 0 Å². The number of para-hydroxylation sites is 1. The van der Waals surface area contributed by atoms with Crippen LogP contribution in [-0.2, 0) is 0 Å². The first-order chi connectivity index (χ1) is 33.9. The van der Waals surface area contributed by atoms with Crippen molar-refractivity contribution in [3.63, 3.8) is 0 Å². The van der Waals surface area contributed by atoms with Crippen LogP contribution >= 0.6 is 0 Å². The van der Waals surface area contributed by atoms with E-state index < -0.39 is 135 Å². The van der Waals surface area contributed by atoms with Gasteiger partial charge in [-0.15, -0.1) is 0 Å². The average Bonchev–Trinajstić information content (AvgIpc) is 3.75. The van der Waals surface area contributed by atoms with Crippen molar-refractivity contribution in [3.05, 3.63) is 206 Å². The van der Waals surface area contributed by atoms with Crippen LogP contribution in [0.2, 0.25) is 0 Å². The summed E-state index contributed by atoms with van der Waals surface area (Å²) in [5.74, 6) is 0.0567. The van der Waals surface area contributed by atoms with Gasteiger partial charge < -0.3 is 4.57 Å². The van der Waals surface area contributed by atoms with E-state index in [1.807, 2.05) is 84.9 Å². The molecule has 4 heteroatoms. The first kappa shape index (κ1) is 19.6. The summed E-state index contributed by atoms with van der Waals surface area (Å²) in [6.45, 7) is 0. The van der Waals surface area contributed by atoms with E-state index in [9.17, 15) is 9.60 Å². The van der Waals surface area contributed by atoms with Gasteiger partial charge in [0.15, 0.2) is 17.5 Å². The molecule has 0 saturated carbocycles. The van der Waals surface area contributed by atoms with Crippen LogP contribution in [0.4, 0.5) is 0 Å². The van der Waals surface area contributed by atoms with Gasteiger partial charge in [-0.25, -0.2) is 15.0 Å². The van der Waals surface area contributed by atoms with Crippen LogP contribution in [0.15, 0.2) is 206 Å². The highest BCUT2D eigenvalue weighted by Gasteiger charge is 2.18. The molecule has 8 aromatic carbocycles. The van der Waals surface area contributed by atoms with Crippen LogP contribution < -0.4 is 0 Å². The van der Waals surface area contributed by atoms with E-state index in [-0.39, 0.29) is 23.0 Å². The van der Waals surface area contributed by atoms with E-state index in [4.69, 9.17) is 27.3 Å². The Kier molecular flexibility index (Phi) is 4.93. The first-order valence-corrected chi connectivity index (χ1v) is 17.2. The SMILES string of the molecule is [2H]c1c([2H])c([2H])c(-c2c([2H])c([2H])c3c(c2[2H])c2c([2H])c([2H])c([2H])c([2H])c2n3-c2c([2H])c([2H])c(-c3nc(-c4ccccc4)nc(-c4ccc(-c5ccccc5)cc4-c4ccccc4)n3)c([2H])c2[2H])c([2H])c1[2H]. The lowest BCUT2D eigenvalue weighted by Crippen LogP contribution is -2.01. The van der Waals surface area contributed by atoms with Gasteiger partial charge in [0.05, 0.1) is 33.0 Å². The first-order valence-electron chi connectivity index (χ1n) is 25.2. The molecule has 4 nitrogen and oxygen atoms in total. The van der Waals surface area contributed by atoms with Crippen LogP contribution in [0, 0.1) is 0 Å². The second kappa shape index (κ2) is 13.8. The maximum absolute atomic E-state index is 9.60. The molecular weight excluding hydrogens is 669 g/mol. The lowest BCUT2D eigenvalue weighted by Gasteiger charge is -2.14. The third-order valence-corrected chi connectivity index (χ3v) is 9.09. The van der Waals surface area contributed by atoms with Crippen LogP contribution in [0.25, 0.3) is 95.0 Å². The highest BCUT2D eigenvalue weighted by atomic mass is 15.0. The number of hydrogen-bond acceptors (Lipinski definition) is 3. The fourth-order valence-corrected chi connectivity index (χ4v) is 6.50. The smallest absolute Gasteiger partial charge is 0.164 e. The monoisotopic (exact) mass is 718 g/mol.